The predicted octanol–water partition coefficient (Wildman–Crippen LogP) is 3.67. The van der Waals surface area contributed by atoms with Gasteiger partial charge in [0.2, 0.25) is 0 Å². The summed E-state index contributed by atoms with van der Waals surface area (Å²) in [6.07, 6.45) is 0.647. The fourth-order valence-corrected chi connectivity index (χ4v) is 3.62. The van der Waals surface area contributed by atoms with Crippen molar-refractivity contribution >= 4 is 27.4 Å². The van der Waals surface area contributed by atoms with E-state index in [1.54, 1.807) is 25.6 Å². The van der Waals surface area contributed by atoms with Gasteiger partial charge >= 0.3 is 0 Å². The van der Waals surface area contributed by atoms with Crippen LogP contribution in [0.4, 0.5) is 5.82 Å². The molecule has 0 N–H and O–H groups in total. The Bertz CT molecular complexity index is 874. The summed E-state index contributed by atoms with van der Waals surface area (Å²) in [4.78, 5) is 12.6. The molecule has 2 heterocycles. The molecule has 1 aromatic carbocycles. The van der Waals surface area contributed by atoms with Crippen LogP contribution >= 0.6 is 11.3 Å². The molecule has 0 fully saturated rings. The molecule has 0 unspecified atom stereocenters. The molecule has 0 saturated carbocycles. The van der Waals surface area contributed by atoms with Crippen LogP contribution in [0, 0.1) is 6.92 Å². The number of nitrogens with zero attached hydrogens (tertiary/aromatic N) is 3. The number of aryl methyl sites for hydroxylation is 1. The van der Waals surface area contributed by atoms with Gasteiger partial charge in [-0.05, 0) is 35.6 Å². The van der Waals surface area contributed by atoms with Crippen LogP contribution in [0.2, 0.25) is 0 Å². The zero-order chi connectivity index (χ0) is 17.3. The maximum Gasteiger partial charge on any atom is 0.161 e. The highest BCUT2D eigenvalue weighted by Crippen LogP contribution is 2.32. The first-order chi connectivity index (χ1) is 11.5. The van der Waals surface area contributed by atoms with E-state index in [-0.39, 0.29) is 0 Å². The van der Waals surface area contributed by atoms with Gasteiger partial charge in [-0.3, -0.25) is 0 Å². The second-order valence-electron chi connectivity index (χ2n) is 5.82. The lowest BCUT2D eigenvalue weighted by Crippen LogP contribution is -2.13. The zero-order valence-corrected chi connectivity index (χ0v) is 15.4. The van der Waals surface area contributed by atoms with Crippen molar-refractivity contribution in [2.75, 3.05) is 33.2 Å². The summed E-state index contributed by atoms with van der Waals surface area (Å²) < 4.78 is 10.7. The zero-order valence-electron chi connectivity index (χ0n) is 14.6. The Kier molecular flexibility index (Phi) is 4.57. The molecule has 0 atom stereocenters. The summed E-state index contributed by atoms with van der Waals surface area (Å²) in [7, 11) is 7.30. The van der Waals surface area contributed by atoms with Crippen molar-refractivity contribution < 1.29 is 9.47 Å². The minimum atomic E-state index is 0.647. The summed E-state index contributed by atoms with van der Waals surface area (Å²) in [5.74, 6) is 3.21. The number of methoxy groups -OCH3 is 2. The van der Waals surface area contributed by atoms with E-state index in [2.05, 4.69) is 12.3 Å². The minimum absolute atomic E-state index is 0.647. The van der Waals surface area contributed by atoms with Crippen molar-refractivity contribution in [1.29, 1.82) is 0 Å². The summed E-state index contributed by atoms with van der Waals surface area (Å²) >= 11 is 1.66. The fraction of sp³-hybridized carbons (Fsp3) is 0.333. The van der Waals surface area contributed by atoms with Crippen molar-refractivity contribution in [1.82, 2.24) is 9.97 Å². The first-order valence-corrected chi connectivity index (χ1v) is 8.54. The first kappa shape index (κ1) is 16.5. The molecular weight excluding hydrogens is 322 g/mol. The second kappa shape index (κ2) is 6.65. The van der Waals surface area contributed by atoms with Crippen LogP contribution in [0.15, 0.2) is 23.6 Å². The maximum absolute atomic E-state index is 5.38. The summed E-state index contributed by atoms with van der Waals surface area (Å²) in [5.41, 5.74) is 2.31. The van der Waals surface area contributed by atoms with Gasteiger partial charge < -0.3 is 14.4 Å². The monoisotopic (exact) mass is 343 g/mol. The molecule has 0 aliphatic carbocycles. The standard InChI is InChI=1S/C18H21N3O2S/c1-11-10-24-18-16(11)17(21(2)3)19-15(20-18)9-12-6-7-13(22-4)14(8-12)23-5/h6-8,10H,9H2,1-5H3. The van der Waals surface area contributed by atoms with Crippen molar-refractivity contribution in [3.63, 3.8) is 0 Å². The number of fused-ring (bicyclic) bond motifs is 1. The smallest absolute Gasteiger partial charge is 0.161 e. The Hall–Kier alpha value is -2.34. The maximum atomic E-state index is 5.38. The van der Waals surface area contributed by atoms with Gasteiger partial charge in [0.1, 0.15) is 16.5 Å². The number of hydrogen-bond acceptors (Lipinski definition) is 6. The molecule has 0 aliphatic heterocycles. The highest BCUT2D eigenvalue weighted by molar-refractivity contribution is 7.17. The Labute approximate surface area is 145 Å². The van der Waals surface area contributed by atoms with Crippen LogP contribution in [-0.2, 0) is 6.42 Å². The fourth-order valence-electron chi connectivity index (χ4n) is 2.68. The third-order valence-electron chi connectivity index (χ3n) is 3.88. The highest BCUT2D eigenvalue weighted by Gasteiger charge is 2.14. The van der Waals surface area contributed by atoms with Crippen molar-refractivity contribution in [2.24, 2.45) is 0 Å². The van der Waals surface area contributed by atoms with Crippen molar-refractivity contribution in [2.45, 2.75) is 13.3 Å². The van der Waals surface area contributed by atoms with E-state index in [1.165, 1.54) is 5.56 Å². The van der Waals surface area contributed by atoms with E-state index in [1.807, 2.05) is 37.2 Å². The van der Waals surface area contributed by atoms with Gasteiger partial charge in [0.25, 0.3) is 0 Å². The van der Waals surface area contributed by atoms with Crippen LogP contribution in [-0.4, -0.2) is 38.3 Å². The molecule has 0 radical (unpaired) electrons. The highest BCUT2D eigenvalue weighted by atomic mass is 32.1. The average molecular weight is 343 g/mol. The van der Waals surface area contributed by atoms with Crippen LogP contribution < -0.4 is 14.4 Å². The Balaban J connectivity index is 2.01. The number of aromatic nitrogens is 2. The molecule has 0 saturated heterocycles. The van der Waals surface area contributed by atoms with Crippen LogP contribution in [0.3, 0.4) is 0 Å². The normalized spacial score (nSPS) is 10.9. The Morgan fingerprint density at radius 3 is 2.50 bits per heavy atom. The van der Waals surface area contributed by atoms with Gasteiger partial charge in [0, 0.05) is 20.5 Å². The lowest BCUT2D eigenvalue weighted by Gasteiger charge is -2.15. The molecule has 2 aromatic heterocycles. The Morgan fingerprint density at radius 1 is 1.08 bits per heavy atom. The summed E-state index contributed by atoms with van der Waals surface area (Å²) in [6.45, 7) is 2.10. The number of ether oxygens (including phenoxy) is 2. The topological polar surface area (TPSA) is 47.5 Å². The average Bonchev–Trinajstić information content (AvgIpc) is 2.95. The van der Waals surface area contributed by atoms with Crippen molar-refractivity contribution in [3.05, 3.63) is 40.5 Å². The largest absolute Gasteiger partial charge is 0.493 e. The molecular formula is C18H21N3O2S. The van der Waals surface area contributed by atoms with Gasteiger partial charge in [-0.2, -0.15) is 0 Å². The third-order valence-corrected chi connectivity index (χ3v) is 4.87. The number of thiophene rings is 1. The quantitative estimate of drug-likeness (QED) is 0.707. The van der Waals surface area contributed by atoms with E-state index >= 15 is 0 Å². The van der Waals surface area contributed by atoms with Crippen LogP contribution in [0.1, 0.15) is 17.0 Å². The molecule has 24 heavy (non-hydrogen) atoms. The lowest BCUT2D eigenvalue weighted by molar-refractivity contribution is 0.354. The van der Waals surface area contributed by atoms with E-state index < -0.39 is 0 Å². The van der Waals surface area contributed by atoms with Gasteiger partial charge in [-0.15, -0.1) is 11.3 Å². The minimum Gasteiger partial charge on any atom is -0.493 e. The molecule has 0 spiro atoms. The molecule has 126 valence electrons. The molecule has 6 heteroatoms. The SMILES string of the molecule is COc1ccc(Cc2nc(N(C)C)c3c(C)csc3n2)cc1OC. The van der Waals surface area contributed by atoms with E-state index in [0.29, 0.717) is 6.42 Å². The molecule has 3 aromatic rings. The van der Waals surface area contributed by atoms with Crippen molar-refractivity contribution in [3.8, 4) is 11.5 Å². The number of hydrogen-bond donors (Lipinski definition) is 0. The Morgan fingerprint density at radius 2 is 1.83 bits per heavy atom. The molecule has 5 nitrogen and oxygen atoms in total. The summed E-state index contributed by atoms with van der Waals surface area (Å²) in [6, 6.07) is 5.90. The molecule has 3 rings (SSSR count). The van der Waals surface area contributed by atoms with Gasteiger partial charge in [0.05, 0.1) is 19.6 Å². The van der Waals surface area contributed by atoms with Crippen LogP contribution in [0.5, 0.6) is 11.5 Å². The summed E-state index contributed by atoms with van der Waals surface area (Å²) in [5, 5.41) is 3.27. The third kappa shape index (κ3) is 3.01. The number of benzene rings is 1. The lowest BCUT2D eigenvalue weighted by atomic mass is 10.1. The number of anilines is 1. The molecule has 0 bridgehead atoms. The first-order valence-electron chi connectivity index (χ1n) is 7.66. The van der Waals surface area contributed by atoms with E-state index in [0.717, 1.165) is 38.9 Å². The van der Waals surface area contributed by atoms with Crippen LogP contribution in [0.25, 0.3) is 10.2 Å². The van der Waals surface area contributed by atoms with E-state index in [4.69, 9.17) is 19.4 Å². The second-order valence-corrected chi connectivity index (χ2v) is 6.68. The molecule has 0 aliphatic rings. The predicted molar refractivity (Wildman–Crippen MR) is 98.8 cm³/mol. The van der Waals surface area contributed by atoms with E-state index in [9.17, 15) is 0 Å². The van der Waals surface area contributed by atoms with Gasteiger partial charge in [-0.1, -0.05) is 6.07 Å². The van der Waals surface area contributed by atoms with Gasteiger partial charge in [-0.25, -0.2) is 9.97 Å². The number of rotatable bonds is 5. The molecule has 0 amide bonds. The van der Waals surface area contributed by atoms with Gasteiger partial charge in [0.15, 0.2) is 11.5 Å².